The summed E-state index contributed by atoms with van der Waals surface area (Å²) in [5.74, 6) is -0.848. The Bertz CT molecular complexity index is 863. The fourth-order valence-corrected chi connectivity index (χ4v) is 5.01. The first-order valence-electron chi connectivity index (χ1n) is 7.93. The lowest BCUT2D eigenvalue weighted by Gasteiger charge is -2.31. The van der Waals surface area contributed by atoms with Gasteiger partial charge < -0.3 is 10.7 Å². The van der Waals surface area contributed by atoms with Crippen molar-refractivity contribution in [2.45, 2.75) is 30.6 Å². The largest absolute Gasteiger partial charge is 0.370 e. The molecule has 1 aliphatic heterocycles. The Hall–Kier alpha value is -1.93. The van der Waals surface area contributed by atoms with E-state index >= 15 is 0 Å². The maximum absolute atomic E-state index is 14.1. The zero-order valence-electron chi connectivity index (χ0n) is 13.2. The SMILES string of the molecule is NC(=O)CCC1CCCN(S(=O)(=O)c2c[nH]c3cccc(F)c23)C1. The number of fused-ring (bicyclic) bond motifs is 1. The number of hydrogen-bond donors (Lipinski definition) is 2. The number of nitrogens with zero attached hydrogens (tertiary/aromatic N) is 1. The topological polar surface area (TPSA) is 96.3 Å². The van der Waals surface area contributed by atoms with E-state index in [4.69, 9.17) is 5.73 Å². The second-order valence-electron chi connectivity index (χ2n) is 6.19. The van der Waals surface area contributed by atoms with Gasteiger partial charge in [0.15, 0.2) is 0 Å². The Morgan fingerprint density at radius 2 is 2.21 bits per heavy atom. The summed E-state index contributed by atoms with van der Waals surface area (Å²) < 4.78 is 41.4. The molecule has 1 aromatic carbocycles. The molecule has 130 valence electrons. The van der Waals surface area contributed by atoms with E-state index in [0.717, 1.165) is 6.42 Å². The highest BCUT2D eigenvalue weighted by atomic mass is 32.2. The van der Waals surface area contributed by atoms with Crippen LogP contribution in [0.5, 0.6) is 0 Å². The van der Waals surface area contributed by atoms with Crippen molar-refractivity contribution in [2.24, 2.45) is 11.7 Å². The molecule has 2 aromatic rings. The zero-order valence-corrected chi connectivity index (χ0v) is 14.0. The van der Waals surface area contributed by atoms with E-state index in [9.17, 15) is 17.6 Å². The molecule has 0 saturated carbocycles. The Kier molecular flexibility index (Phi) is 4.60. The van der Waals surface area contributed by atoms with Crippen LogP contribution in [0.25, 0.3) is 10.9 Å². The number of halogens is 1. The van der Waals surface area contributed by atoms with Gasteiger partial charge in [0.05, 0.1) is 5.39 Å². The van der Waals surface area contributed by atoms with Crippen molar-refractivity contribution < 1.29 is 17.6 Å². The summed E-state index contributed by atoms with van der Waals surface area (Å²) in [6.45, 7) is 0.729. The normalized spacial score (nSPS) is 19.6. The Balaban J connectivity index is 1.88. The lowest BCUT2D eigenvalue weighted by molar-refractivity contribution is -0.118. The smallest absolute Gasteiger partial charge is 0.245 e. The van der Waals surface area contributed by atoms with E-state index in [2.05, 4.69) is 4.98 Å². The van der Waals surface area contributed by atoms with Crippen LogP contribution in [0.4, 0.5) is 4.39 Å². The molecule has 1 saturated heterocycles. The van der Waals surface area contributed by atoms with Gasteiger partial charge in [0.2, 0.25) is 15.9 Å². The molecule has 0 bridgehead atoms. The fraction of sp³-hybridized carbons (Fsp3) is 0.438. The van der Waals surface area contributed by atoms with Crippen LogP contribution in [0.1, 0.15) is 25.7 Å². The van der Waals surface area contributed by atoms with Gasteiger partial charge in [-0.2, -0.15) is 4.31 Å². The standard InChI is InChI=1S/C16H20FN3O3S/c17-12-4-1-5-13-16(12)14(9-19-13)24(22,23)20-8-2-3-11(10-20)6-7-15(18)21/h1,4-5,9,11,19H,2-3,6-8,10H2,(H2,18,21). The Labute approximate surface area is 139 Å². The number of H-pyrrole nitrogens is 1. The molecular weight excluding hydrogens is 333 g/mol. The molecule has 2 heterocycles. The number of amides is 1. The Morgan fingerprint density at radius 1 is 1.42 bits per heavy atom. The molecule has 1 aromatic heterocycles. The van der Waals surface area contributed by atoms with Crippen molar-refractivity contribution in [1.82, 2.24) is 9.29 Å². The highest BCUT2D eigenvalue weighted by Gasteiger charge is 2.32. The van der Waals surface area contributed by atoms with Gasteiger partial charge in [-0.15, -0.1) is 0 Å². The predicted molar refractivity (Wildman–Crippen MR) is 88.2 cm³/mol. The summed E-state index contributed by atoms with van der Waals surface area (Å²) in [6, 6.07) is 4.43. The maximum Gasteiger partial charge on any atom is 0.245 e. The molecule has 1 aliphatic rings. The maximum atomic E-state index is 14.1. The molecule has 6 nitrogen and oxygen atoms in total. The molecule has 3 N–H and O–H groups in total. The number of aromatic nitrogens is 1. The van der Waals surface area contributed by atoms with Crippen LogP contribution >= 0.6 is 0 Å². The number of piperidine rings is 1. The van der Waals surface area contributed by atoms with Gasteiger partial charge in [0.1, 0.15) is 10.7 Å². The van der Waals surface area contributed by atoms with Crippen molar-refractivity contribution in [1.29, 1.82) is 0 Å². The van der Waals surface area contributed by atoms with Crippen LogP contribution < -0.4 is 5.73 Å². The lowest BCUT2D eigenvalue weighted by atomic mass is 9.94. The minimum absolute atomic E-state index is 0.0360. The number of benzene rings is 1. The summed E-state index contributed by atoms with van der Waals surface area (Å²) in [6.07, 6.45) is 3.75. The molecule has 0 radical (unpaired) electrons. The summed E-state index contributed by atoms with van der Waals surface area (Å²) in [4.78, 5) is 13.7. The number of carbonyl (C=O) groups excluding carboxylic acids is 1. The molecule has 24 heavy (non-hydrogen) atoms. The first kappa shape index (κ1) is 16.9. The molecule has 3 rings (SSSR count). The van der Waals surface area contributed by atoms with Crippen LogP contribution in [0.15, 0.2) is 29.3 Å². The first-order valence-corrected chi connectivity index (χ1v) is 9.37. The highest BCUT2D eigenvalue weighted by Crippen LogP contribution is 2.31. The molecule has 1 atom stereocenters. The highest BCUT2D eigenvalue weighted by molar-refractivity contribution is 7.89. The molecule has 1 fully saturated rings. The number of primary amides is 1. The molecule has 1 amide bonds. The number of sulfonamides is 1. The predicted octanol–water partition coefficient (Wildman–Crippen LogP) is 1.97. The third-order valence-electron chi connectivity index (χ3n) is 4.52. The summed E-state index contributed by atoms with van der Waals surface area (Å²) in [7, 11) is -3.79. The van der Waals surface area contributed by atoms with Gasteiger partial charge in [0.25, 0.3) is 0 Å². The van der Waals surface area contributed by atoms with Gasteiger partial charge in [-0.05, 0) is 37.3 Å². The minimum Gasteiger partial charge on any atom is -0.370 e. The summed E-state index contributed by atoms with van der Waals surface area (Å²) >= 11 is 0. The lowest BCUT2D eigenvalue weighted by Crippen LogP contribution is -2.40. The number of rotatable bonds is 5. The molecule has 0 aliphatic carbocycles. The van der Waals surface area contributed by atoms with Crippen molar-refractivity contribution >= 4 is 26.8 Å². The summed E-state index contributed by atoms with van der Waals surface area (Å²) in [5.41, 5.74) is 5.62. The van der Waals surface area contributed by atoms with E-state index in [1.54, 1.807) is 6.07 Å². The monoisotopic (exact) mass is 353 g/mol. The molecule has 8 heteroatoms. The fourth-order valence-electron chi connectivity index (χ4n) is 3.28. The van der Waals surface area contributed by atoms with Crippen LogP contribution in [-0.4, -0.2) is 36.7 Å². The number of carbonyl (C=O) groups is 1. The molecular formula is C16H20FN3O3S. The van der Waals surface area contributed by atoms with E-state index in [0.29, 0.717) is 31.4 Å². The number of nitrogens with one attached hydrogen (secondary N) is 1. The third kappa shape index (κ3) is 3.16. The van der Waals surface area contributed by atoms with Gasteiger partial charge >= 0.3 is 0 Å². The van der Waals surface area contributed by atoms with Crippen LogP contribution in [0.2, 0.25) is 0 Å². The van der Waals surface area contributed by atoms with Crippen molar-refractivity contribution in [3.63, 3.8) is 0 Å². The van der Waals surface area contributed by atoms with E-state index < -0.39 is 15.8 Å². The Morgan fingerprint density at radius 3 is 2.96 bits per heavy atom. The van der Waals surface area contributed by atoms with Crippen LogP contribution in [0.3, 0.4) is 0 Å². The number of hydrogen-bond acceptors (Lipinski definition) is 3. The van der Waals surface area contributed by atoms with E-state index in [1.165, 1.54) is 22.6 Å². The average molecular weight is 353 g/mol. The van der Waals surface area contributed by atoms with Crippen molar-refractivity contribution in [3.8, 4) is 0 Å². The second kappa shape index (κ2) is 6.52. The first-order chi connectivity index (χ1) is 11.4. The quantitative estimate of drug-likeness (QED) is 0.860. The zero-order chi connectivity index (χ0) is 17.3. The van der Waals surface area contributed by atoms with Crippen LogP contribution in [0, 0.1) is 11.7 Å². The van der Waals surface area contributed by atoms with Gasteiger partial charge in [0, 0.05) is 31.2 Å². The van der Waals surface area contributed by atoms with E-state index in [-0.39, 0.29) is 28.5 Å². The number of aromatic amines is 1. The average Bonchev–Trinajstić information content (AvgIpc) is 2.99. The van der Waals surface area contributed by atoms with Crippen LogP contribution in [-0.2, 0) is 14.8 Å². The van der Waals surface area contributed by atoms with Crippen molar-refractivity contribution in [3.05, 3.63) is 30.2 Å². The number of nitrogens with two attached hydrogens (primary N) is 1. The van der Waals surface area contributed by atoms with Gasteiger partial charge in [-0.3, -0.25) is 4.79 Å². The second-order valence-corrected chi connectivity index (χ2v) is 8.10. The minimum atomic E-state index is -3.79. The molecule has 0 spiro atoms. The van der Waals surface area contributed by atoms with Gasteiger partial charge in [-0.25, -0.2) is 12.8 Å². The molecule has 1 unspecified atom stereocenters. The summed E-state index contributed by atoms with van der Waals surface area (Å²) in [5, 5.41) is 0.0942. The van der Waals surface area contributed by atoms with Crippen molar-refractivity contribution in [2.75, 3.05) is 13.1 Å². The van der Waals surface area contributed by atoms with Gasteiger partial charge in [-0.1, -0.05) is 6.07 Å². The third-order valence-corrected chi connectivity index (χ3v) is 6.41. The van der Waals surface area contributed by atoms with E-state index in [1.807, 2.05) is 0 Å².